The number of anilines is 3. The number of fused-ring (bicyclic) bond motifs is 2. The second-order valence-corrected chi connectivity index (χ2v) is 7.88. The molecule has 0 saturated heterocycles. The summed E-state index contributed by atoms with van der Waals surface area (Å²) in [6, 6.07) is 33.2. The summed E-state index contributed by atoms with van der Waals surface area (Å²) in [4.78, 5) is 0. The van der Waals surface area contributed by atoms with Gasteiger partial charge in [0.1, 0.15) is 11.5 Å². The van der Waals surface area contributed by atoms with Gasteiger partial charge in [0, 0.05) is 28.7 Å². The molecular formula is C29H26N2O2. The number of methoxy groups -OCH3 is 2. The van der Waals surface area contributed by atoms with Gasteiger partial charge in [0.25, 0.3) is 0 Å². The first-order valence-corrected chi connectivity index (χ1v) is 11.0. The lowest BCUT2D eigenvalue weighted by atomic mass is 9.94. The van der Waals surface area contributed by atoms with Crippen LogP contribution in [0.1, 0.15) is 5.56 Å². The van der Waals surface area contributed by atoms with Crippen LogP contribution >= 0.6 is 0 Å². The van der Waals surface area contributed by atoms with Gasteiger partial charge in [-0.05, 0) is 64.9 Å². The monoisotopic (exact) mass is 434 g/mol. The lowest BCUT2D eigenvalue weighted by Gasteiger charge is -2.19. The molecule has 4 heteroatoms. The lowest BCUT2D eigenvalue weighted by Crippen LogP contribution is -2.03. The van der Waals surface area contributed by atoms with Crippen molar-refractivity contribution < 1.29 is 9.47 Å². The fraction of sp³-hybridized carbons (Fsp3) is 0.103. The highest BCUT2D eigenvalue weighted by Crippen LogP contribution is 2.38. The van der Waals surface area contributed by atoms with Crippen LogP contribution < -0.4 is 20.1 Å². The quantitative estimate of drug-likeness (QED) is 0.263. The molecule has 0 aliphatic rings. The zero-order chi connectivity index (χ0) is 22.6. The van der Waals surface area contributed by atoms with Gasteiger partial charge in [0.05, 0.1) is 19.9 Å². The molecule has 0 heterocycles. The molecule has 0 spiro atoms. The lowest BCUT2D eigenvalue weighted by molar-refractivity contribution is 0.415. The Labute approximate surface area is 193 Å². The van der Waals surface area contributed by atoms with Gasteiger partial charge in [-0.15, -0.1) is 0 Å². The smallest absolute Gasteiger partial charge is 0.119 e. The first kappa shape index (κ1) is 20.7. The zero-order valence-electron chi connectivity index (χ0n) is 18.8. The van der Waals surface area contributed by atoms with Gasteiger partial charge < -0.3 is 20.1 Å². The molecule has 0 unspecified atom stereocenters. The van der Waals surface area contributed by atoms with Gasteiger partial charge in [-0.25, -0.2) is 0 Å². The SMILES string of the molecule is COc1ccc(NCc2c3ccccc3c(Nc3ccc(OC)cc3)c3ccccc23)cc1. The summed E-state index contributed by atoms with van der Waals surface area (Å²) < 4.78 is 10.6. The summed E-state index contributed by atoms with van der Waals surface area (Å²) in [6.45, 7) is 0.718. The van der Waals surface area contributed by atoms with Crippen LogP contribution in [-0.4, -0.2) is 14.2 Å². The van der Waals surface area contributed by atoms with Crippen LogP contribution in [0.2, 0.25) is 0 Å². The first-order valence-electron chi connectivity index (χ1n) is 11.0. The molecule has 5 aromatic carbocycles. The van der Waals surface area contributed by atoms with Gasteiger partial charge >= 0.3 is 0 Å². The molecular weight excluding hydrogens is 408 g/mol. The first-order chi connectivity index (χ1) is 16.3. The highest BCUT2D eigenvalue weighted by atomic mass is 16.5. The van der Waals surface area contributed by atoms with E-state index in [2.05, 4.69) is 59.2 Å². The van der Waals surface area contributed by atoms with Crippen molar-refractivity contribution in [2.45, 2.75) is 6.54 Å². The molecule has 4 nitrogen and oxygen atoms in total. The fourth-order valence-electron chi connectivity index (χ4n) is 4.26. The van der Waals surface area contributed by atoms with E-state index in [1.54, 1.807) is 14.2 Å². The fourth-order valence-corrected chi connectivity index (χ4v) is 4.26. The molecule has 2 N–H and O–H groups in total. The number of ether oxygens (including phenoxy) is 2. The maximum atomic E-state index is 5.31. The largest absolute Gasteiger partial charge is 0.497 e. The summed E-state index contributed by atoms with van der Waals surface area (Å²) >= 11 is 0. The van der Waals surface area contributed by atoms with E-state index in [-0.39, 0.29) is 0 Å². The molecule has 33 heavy (non-hydrogen) atoms. The van der Waals surface area contributed by atoms with Crippen LogP contribution in [0.5, 0.6) is 11.5 Å². The van der Waals surface area contributed by atoms with Crippen LogP contribution in [0.4, 0.5) is 17.1 Å². The minimum atomic E-state index is 0.718. The Kier molecular flexibility index (Phi) is 5.73. The summed E-state index contributed by atoms with van der Waals surface area (Å²) in [5.41, 5.74) is 4.47. The van der Waals surface area contributed by atoms with Crippen molar-refractivity contribution in [3.8, 4) is 11.5 Å². The Morgan fingerprint density at radius 1 is 0.545 bits per heavy atom. The Balaban J connectivity index is 1.58. The predicted molar refractivity (Wildman–Crippen MR) is 138 cm³/mol. The number of rotatable bonds is 7. The van der Waals surface area contributed by atoms with Crippen molar-refractivity contribution in [1.82, 2.24) is 0 Å². The minimum absolute atomic E-state index is 0.718. The van der Waals surface area contributed by atoms with Crippen molar-refractivity contribution in [2.75, 3.05) is 24.9 Å². The van der Waals surface area contributed by atoms with E-state index >= 15 is 0 Å². The summed E-state index contributed by atoms with van der Waals surface area (Å²) in [6.07, 6.45) is 0. The Hall–Kier alpha value is -4.18. The predicted octanol–water partition coefficient (Wildman–Crippen LogP) is 7.37. The zero-order valence-corrected chi connectivity index (χ0v) is 18.8. The van der Waals surface area contributed by atoms with Crippen molar-refractivity contribution in [1.29, 1.82) is 0 Å². The molecule has 0 saturated carbocycles. The third-order valence-corrected chi connectivity index (χ3v) is 5.96. The highest BCUT2D eigenvalue weighted by Gasteiger charge is 2.14. The van der Waals surface area contributed by atoms with Crippen LogP contribution in [-0.2, 0) is 6.54 Å². The summed E-state index contributed by atoms with van der Waals surface area (Å²) in [5, 5.41) is 12.1. The van der Waals surface area contributed by atoms with E-state index < -0.39 is 0 Å². The van der Waals surface area contributed by atoms with Crippen molar-refractivity contribution in [3.05, 3.63) is 103 Å². The average molecular weight is 435 g/mol. The third kappa shape index (κ3) is 4.15. The summed E-state index contributed by atoms with van der Waals surface area (Å²) in [5.74, 6) is 1.70. The Morgan fingerprint density at radius 3 is 1.48 bits per heavy atom. The van der Waals surface area contributed by atoms with Crippen molar-refractivity contribution >= 4 is 38.6 Å². The Morgan fingerprint density at radius 2 is 1.00 bits per heavy atom. The molecule has 164 valence electrons. The second-order valence-electron chi connectivity index (χ2n) is 7.88. The van der Waals surface area contributed by atoms with Crippen molar-refractivity contribution in [2.24, 2.45) is 0 Å². The van der Waals surface area contributed by atoms with Crippen LogP contribution in [0.3, 0.4) is 0 Å². The van der Waals surface area contributed by atoms with Crippen LogP contribution in [0.15, 0.2) is 97.1 Å². The molecule has 0 fully saturated rings. The van der Waals surface area contributed by atoms with Crippen LogP contribution in [0, 0.1) is 0 Å². The molecule has 0 aromatic heterocycles. The normalized spacial score (nSPS) is 10.8. The molecule has 0 bridgehead atoms. The Bertz CT molecular complexity index is 1340. The number of benzene rings is 5. The number of hydrogen-bond acceptors (Lipinski definition) is 4. The average Bonchev–Trinajstić information content (AvgIpc) is 2.89. The minimum Gasteiger partial charge on any atom is -0.497 e. The van der Waals surface area contributed by atoms with Gasteiger partial charge in [-0.3, -0.25) is 0 Å². The maximum Gasteiger partial charge on any atom is 0.119 e. The third-order valence-electron chi connectivity index (χ3n) is 5.96. The molecule has 0 atom stereocenters. The molecule has 0 radical (unpaired) electrons. The van der Waals surface area contributed by atoms with Crippen LogP contribution in [0.25, 0.3) is 21.5 Å². The topological polar surface area (TPSA) is 42.5 Å². The summed E-state index contributed by atoms with van der Waals surface area (Å²) in [7, 11) is 3.37. The standard InChI is InChI=1S/C29H26N2O2/c1-32-22-15-11-20(12-16-22)30-19-28-24-7-3-5-9-26(24)29(27-10-6-4-8-25(27)28)31-21-13-17-23(33-2)18-14-21/h3-18,30-31H,19H2,1-2H3. The molecule has 5 aromatic rings. The van der Waals surface area contributed by atoms with E-state index in [0.29, 0.717) is 0 Å². The van der Waals surface area contributed by atoms with E-state index in [9.17, 15) is 0 Å². The van der Waals surface area contributed by atoms with Gasteiger partial charge in [0.15, 0.2) is 0 Å². The second kappa shape index (κ2) is 9.13. The van der Waals surface area contributed by atoms with E-state index in [0.717, 1.165) is 35.1 Å². The maximum absolute atomic E-state index is 5.31. The highest BCUT2D eigenvalue weighted by molar-refractivity contribution is 6.14. The molecule has 0 amide bonds. The number of nitrogens with one attached hydrogen (secondary N) is 2. The van der Waals surface area contributed by atoms with E-state index in [4.69, 9.17) is 9.47 Å². The molecule has 5 rings (SSSR count). The van der Waals surface area contributed by atoms with Gasteiger partial charge in [0.2, 0.25) is 0 Å². The molecule has 0 aliphatic carbocycles. The number of hydrogen-bond donors (Lipinski definition) is 2. The van der Waals surface area contributed by atoms with Gasteiger partial charge in [-0.1, -0.05) is 48.5 Å². The van der Waals surface area contributed by atoms with E-state index in [1.807, 2.05) is 48.5 Å². The molecule has 0 aliphatic heterocycles. The van der Waals surface area contributed by atoms with E-state index in [1.165, 1.54) is 27.1 Å². The van der Waals surface area contributed by atoms with Gasteiger partial charge in [-0.2, -0.15) is 0 Å². The van der Waals surface area contributed by atoms with Crippen molar-refractivity contribution in [3.63, 3.8) is 0 Å².